The molecule has 3 aliphatic carbocycles. The molecule has 3 saturated carbocycles. The second-order valence-electron chi connectivity index (χ2n) is 12.0. The smallest absolute Gasteiger partial charge is 0.278 e. The Hall–Kier alpha value is -3.56. The molecule has 6 rings (SSSR count). The summed E-state index contributed by atoms with van der Waals surface area (Å²) in [6.45, 7) is 4.45. The molecule has 206 valence electrons. The van der Waals surface area contributed by atoms with Gasteiger partial charge in [0.25, 0.3) is 11.8 Å². The number of phenols is 1. The van der Waals surface area contributed by atoms with Crippen molar-refractivity contribution >= 4 is 5.82 Å². The van der Waals surface area contributed by atoms with E-state index in [-0.39, 0.29) is 40.4 Å². The molecule has 1 N–H and O–H groups in total. The van der Waals surface area contributed by atoms with Crippen LogP contribution >= 0.6 is 0 Å². The second kappa shape index (κ2) is 9.57. The maximum atomic E-state index is 16.1. The maximum Gasteiger partial charge on any atom is 0.278 e. The lowest BCUT2D eigenvalue weighted by molar-refractivity contribution is -0.0554. The van der Waals surface area contributed by atoms with Crippen molar-refractivity contribution in [3.05, 3.63) is 30.6 Å². The Morgan fingerprint density at radius 3 is 2.49 bits per heavy atom. The van der Waals surface area contributed by atoms with E-state index in [4.69, 9.17) is 9.47 Å². The number of aromatic hydroxyl groups is 1. The first kappa shape index (κ1) is 25.7. The molecule has 4 atom stereocenters. The van der Waals surface area contributed by atoms with Crippen LogP contribution in [0.1, 0.15) is 58.8 Å². The van der Waals surface area contributed by atoms with E-state index in [0.29, 0.717) is 28.5 Å². The molecule has 0 radical (unpaired) electrons. The summed E-state index contributed by atoms with van der Waals surface area (Å²) < 4.78 is 26.5. The van der Waals surface area contributed by atoms with E-state index >= 15 is 4.39 Å². The highest BCUT2D eigenvalue weighted by molar-refractivity contribution is 5.71. The van der Waals surface area contributed by atoms with Crippen LogP contribution in [0.5, 0.6) is 17.5 Å². The molecule has 1 aromatic carbocycles. The normalized spacial score (nSPS) is 28.1. The molecule has 0 saturated heterocycles. The summed E-state index contributed by atoms with van der Waals surface area (Å²) in [5.41, 5.74) is 1.47. The molecule has 0 aliphatic heterocycles. The number of ether oxygens (including phenoxy) is 2. The van der Waals surface area contributed by atoms with Gasteiger partial charge >= 0.3 is 0 Å². The molecule has 2 aromatic heterocycles. The minimum absolute atomic E-state index is 0.0116. The summed E-state index contributed by atoms with van der Waals surface area (Å²) in [5.74, 6) is 1.43. The molecule has 0 amide bonds. The molecule has 2 bridgehead atoms. The van der Waals surface area contributed by atoms with Crippen LogP contribution in [0.2, 0.25) is 0 Å². The molecule has 39 heavy (non-hydrogen) atoms. The highest BCUT2D eigenvalue weighted by Crippen LogP contribution is 2.58. The maximum absolute atomic E-state index is 16.1. The first-order valence-electron chi connectivity index (χ1n) is 13.6. The fourth-order valence-electron chi connectivity index (χ4n) is 6.94. The summed E-state index contributed by atoms with van der Waals surface area (Å²) in [5, 5.41) is 19.7. The monoisotopic (exact) mass is 534 g/mol. The van der Waals surface area contributed by atoms with Gasteiger partial charge in [0.2, 0.25) is 0 Å². The Balaban J connectivity index is 1.26. The molecule has 2 heterocycles. The Bertz CT molecular complexity index is 1370. The van der Waals surface area contributed by atoms with E-state index in [1.807, 2.05) is 0 Å². The van der Waals surface area contributed by atoms with Crippen LogP contribution in [0.4, 0.5) is 10.2 Å². The topological polar surface area (TPSA) is 106 Å². The lowest BCUT2D eigenvalue weighted by atomic mass is 9.54. The number of alkyl halides is 1. The summed E-state index contributed by atoms with van der Waals surface area (Å²) in [7, 11) is 2.98. The van der Waals surface area contributed by atoms with Gasteiger partial charge in [-0.05, 0) is 56.1 Å². The summed E-state index contributed by atoms with van der Waals surface area (Å²) in [6.07, 6.45) is 9.33. The third-order valence-corrected chi connectivity index (χ3v) is 8.81. The Kier molecular flexibility index (Phi) is 6.31. The zero-order chi connectivity index (χ0) is 27.4. The van der Waals surface area contributed by atoms with Crippen molar-refractivity contribution in [2.75, 3.05) is 19.1 Å². The van der Waals surface area contributed by atoms with Crippen LogP contribution in [0.3, 0.4) is 0 Å². The molecule has 10 heteroatoms. The van der Waals surface area contributed by atoms with Gasteiger partial charge in [0.15, 0.2) is 11.6 Å². The molecule has 3 aromatic rings. The first-order valence-corrected chi connectivity index (χ1v) is 13.6. The van der Waals surface area contributed by atoms with Gasteiger partial charge in [0.1, 0.15) is 11.9 Å². The number of methoxy groups -OCH3 is 2. The van der Waals surface area contributed by atoms with Gasteiger partial charge in [-0.1, -0.05) is 26.3 Å². The fraction of sp³-hybridized carbons (Fsp3) is 0.552. The minimum Gasteiger partial charge on any atom is -0.507 e. The number of hydrogen-bond acceptors (Lipinski definition) is 9. The fourth-order valence-corrected chi connectivity index (χ4v) is 6.94. The van der Waals surface area contributed by atoms with Gasteiger partial charge in [0.05, 0.1) is 43.9 Å². The number of benzene rings is 1. The van der Waals surface area contributed by atoms with Crippen molar-refractivity contribution in [3.8, 4) is 40.2 Å². The van der Waals surface area contributed by atoms with E-state index in [1.54, 1.807) is 30.6 Å². The largest absolute Gasteiger partial charge is 0.507 e. The number of phenolic OH excluding ortho intramolecular Hbond substituents is 1. The number of anilines is 1. The minimum atomic E-state index is -0.913. The van der Waals surface area contributed by atoms with Crippen LogP contribution in [0, 0.1) is 10.8 Å². The van der Waals surface area contributed by atoms with Crippen molar-refractivity contribution in [2.24, 2.45) is 10.8 Å². The van der Waals surface area contributed by atoms with E-state index in [0.717, 1.165) is 44.9 Å². The van der Waals surface area contributed by atoms with Crippen molar-refractivity contribution in [2.45, 2.75) is 77.0 Å². The van der Waals surface area contributed by atoms with Crippen LogP contribution in [0.15, 0.2) is 30.6 Å². The molecular weight excluding hydrogens is 499 g/mol. The number of aromatic nitrogens is 5. The van der Waals surface area contributed by atoms with Gasteiger partial charge in [-0.15, -0.1) is 10.2 Å². The molecule has 3 aliphatic rings. The van der Waals surface area contributed by atoms with Crippen molar-refractivity contribution in [1.29, 1.82) is 0 Å². The Morgan fingerprint density at radius 2 is 1.82 bits per heavy atom. The van der Waals surface area contributed by atoms with Crippen molar-refractivity contribution < 1.29 is 19.0 Å². The van der Waals surface area contributed by atoms with Crippen LogP contribution in [0.25, 0.3) is 22.6 Å². The van der Waals surface area contributed by atoms with Gasteiger partial charge in [-0.3, -0.25) is 0 Å². The number of hydrogen-bond donors (Lipinski definition) is 1. The van der Waals surface area contributed by atoms with Crippen LogP contribution in [-0.2, 0) is 0 Å². The van der Waals surface area contributed by atoms with Gasteiger partial charge in [-0.25, -0.2) is 19.3 Å². The summed E-state index contributed by atoms with van der Waals surface area (Å²) in [6, 6.07) is 5.15. The van der Waals surface area contributed by atoms with E-state index in [2.05, 4.69) is 43.9 Å². The highest BCUT2D eigenvalue weighted by atomic mass is 19.1. The first-order chi connectivity index (χ1) is 18.7. The van der Waals surface area contributed by atoms with Gasteiger partial charge in [-0.2, -0.15) is 0 Å². The molecule has 3 fully saturated rings. The predicted octanol–water partition coefficient (Wildman–Crippen LogP) is 5.38. The van der Waals surface area contributed by atoms with Crippen molar-refractivity contribution in [1.82, 2.24) is 25.1 Å². The lowest BCUT2D eigenvalue weighted by Crippen LogP contribution is -2.58. The van der Waals surface area contributed by atoms with Crippen LogP contribution < -0.4 is 14.4 Å². The average molecular weight is 535 g/mol. The number of fused-ring (bicyclic) bond motifs is 2. The number of nitrogens with zero attached hydrogens (tertiary/aromatic N) is 6. The zero-order valence-electron chi connectivity index (χ0n) is 22.9. The average Bonchev–Trinajstić information content (AvgIpc) is 3.77. The summed E-state index contributed by atoms with van der Waals surface area (Å²) in [4.78, 5) is 15.3. The van der Waals surface area contributed by atoms with Crippen LogP contribution in [-0.4, -0.2) is 62.7 Å². The third kappa shape index (κ3) is 4.63. The SMILES string of the molecule is COc1ncc(-c2ccc(-c3ncc(N(C4CC4)[C@@H]4C[C@@]5(C)CCC[C@](C)(C5)[C@@H]4F)nn3)c(O)c2)nc1OC. The predicted molar refractivity (Wildman–Crippen MR) is 145 cm³/mol. The van der Waals surface area contributed by atoms with Crippen molar-refractivity contribution in [3.63, 3.8) is 0 Å². The van der Waals surface area contributed by atoms with Gasteiger partial charge in [0, 0.05) is 17.0 Å². The quantitative estimate of drug-likeness (QED) is 0.427. The standard InChI is InChI=1S/C29H35FN6O3/c1-28-10-5-11-29(2,16-28)24(30)21(13-28)36(18-7-8-18)23-15-31-25(35-34-23)19-9-6-17(12-22(19)37)20-14-32-26(38-3)27(33-20)39-4/h6,9,12,14-15,18,21,24,37H,5,7-8,10-11,13,16H2,1-4H3/t21-,24-,28-,29-/m1/s1. The Morgan fingerprint density at radius 1 is 1.03 bits per heavy atom. The highest BCUT2D eigenvalue weighted by Gasteiger charge is 2.56. The zero-order valence-corrected chi connectivity index (χ0v) is 22.9. The Labute approximate surface area is 227 Å². The lowest BCUT2D eigenvalue weighted by Gasteiger charge is -2.56. The molecule has 0 spiro atoms. The second-order valence-corrected chi connectivity index (χ2v) is 12.0. The van der Waals surface area contributed by atoms with E-state index in [9.17, 15) is 5.11 Å². The van der Waals surface area contributed by atoms with E-state index in [1.165, 1.54) is 14.2 Å². The third-order valence-electron chi connectivity index (χ3n) is 8.81. The molecular formula is C29H35FN6O3. The number of rotatable bonds is 7. The summed E-state index contributed by atoms with van der Waals surface area (Å²) >= 11 is 0. The van der Waals surface area contributed by atoms with Gasteiger partial charge < -0.3 is 19.5 Å². The molecule has 0 unspecified atom stereocenters. The number of halogens is 1. The molecule has 9 nitrogen and oxygen atoms in total. The van der Waals surface area contributed by atoms with E-state index < -0.39 is 6.17 Å².